The third-order valence-corrected chi connectivity index (χ3v) is 7.21. The van der Waals surface area contributed by atoms with Gasteiger partial charge in [0.1, 0.15) is 11.7 Å². The van der Waals surface area contributed by atoms with Gasteiger partial charge in [0.2, 0.25) is 0 Å². The number of ether oxygens (including phenoxy) is 1. The highest BCUT2D eigenvalue weighted by atomic mass is 35.5. The van der Waals surface area contributed by atoms with E-state index in [0.717, 1.165) is 36.9 Å². The molecule has 1 aliphatic carbocycles. The van der Waals surface area contributed by atoms with E-state index >= 15 is 0 Å². The van der Waals surface area contributed by atoms with E-state index in [9.17, 15) is 14.9 Å². The fraction of sp³-hybridized carbons (Fsp3) is 0.429. The number of ketones is 1. The molecule has 0 aliphatic heterocycles. The van der Waals surface area contributed by atoms with Gasteiger partial charge in [0.15, 0.2) is 5.78 Å². The molecule has 7 nitrogen and oxygen atoms in total. The van der Waals surface area contributed by atoms with Gasteiger partial charge in [-0.15, -0.1) is 0 Å². The van der Waals surface area contributed by atoms with E-state index in [0.29, 0.717) is 33.8 Å². The predicted molar refractivity (Wildman–Crippen MR) is 137 cm³/mol. The summed E-state index contributed by atoms with van der Waals surface area (Å²) in [6.45, 7) is 2.29. The number of pyridine rings is 1. The minimum Gasteiger partial charge on any atom is -0.481 e. The van der Waals surface area contributed by atoms with Crippen LogP contribution in [0.25, 0.3) is 11.0 Å². The molecule has 1 aromatic carbocycles. The molecule has 188 valence electrons. The average Bonchev–Trinajstić information content (AvgIpc) is 3.14. The second-order valence-corrected chi connectivity index (χ2v) is 10.2. The van der Waals surface area contributed by atoms with Crippen molar-refractivity contribution in [2.75, 3.05) is 0 Å². The van der Waals surface area contributed by atoms with Crippen LogP contribution in [0.4, 0.5) is 0 Å². The number of aliphatic carboxylic acids is 1. The van der Waals surface area contributed by atoms with E-state index in [1.54, 1.807) is 13.0 Å². The summed E-state index contributed by atoms with van der Waals surface area (Å²) >= 11 is 6.08. The molecule has 3 aromatic rings. The first-order valence-electron chi connectivity index (χ1n) is 12.3. The lowest BCUT2D eigenvalue weighted by atomic mass is 9.82. The number of carboxylic acids is 1. The summed E-state index contributed by atoms with van der Waals surface area (Å²) in [5.41, 5.74) is 3.61. The lowest BCUT2D eigenvalue weighted by Gasteiger charge is -2.30. The Labute approximate surface area is 215 Å². The first-order valence-corrected chi connectivity index (χ1v) is 12.6. The van der Waals surface area contributed by atoms with Crippen molar-refractivity contribution in [1.29, 1.82) is 5.26 Å². The van der Waals surface area contributed by atoms with E-state index in [-0.39, 0.29) is 36.6 Å². The van der Waals surface area contributed by atoms with Gasteiger partial charge >= 0.3 is 5.97 Å². The van der Waals surface area contributed by atoms with E-state index in [1.165, 1.54) is 6.20 Å². The quantitative estimate of drug-likeness (QED) is 0.355. The number of fused-ring (bicyclic) bond motifs is 1. The molecular weight excluding hydrogens is 478 g/mol. The molecule has 1 N–H and O–H groups in total. The molecule has 4 rings (SSSR count). The number of nitriles is 1. The average molecular weight is 508 g/mol. The minimum atomic E-state index is -0.919. The number of Topliss-reactive ketones (excluding diaryl/α,β-unsaturated/α-hetero) is 1. The number of nitrogens with zero attached hydrogens (tertiary/aromatic N) is 3. The van der Waals surface area contributed by atoms with Crippen molar-refractivity contribution in [2.45, 2.75) is 64.1 Å². The molecule has 0 radical (unpaired) electrons. The zero-order chi connectivity index (χ0) is 25.8. The maximum Gasteiger partial charge on any atom is 0.303 e. The number of carboxylic acid groups (broad SMARTS) is 1. The second-order valence-electron chi connectivity index (χ2n) is 9.77. The first-order chi connectivity index (χ1) is 17.3. The van der Waals surface area contributed by atoms with Gasteiger partial charge in [-0.3, -0.25) is 9.59 Å². The molecule has 1 atom stereocenters. The van der Waals surface area contributed by atoms with Crippen LogP contribution >= 0.6 is 11.6 Å². The van der Waals surface area contributed by atoms with Crippen LogP contribution in [0.2, 0.25) is 5.02 Å². The van der Waals surface area contributed by atoms with Crippen LogP contribution in [0.15, 0.2) is 36.5 Å². The van der Waals surface area contributed by atoms with Crippen molar-refractivity contribution >= 4 is 34.4 Å². The fourth-order valence-corrected chi connectivity index (χ4v) is 5.51. The van der Waals surface area contributed by atoms with Crippen LogP contribution in [0, 0.1) is 17.2 Å². The van der Waals surface area contributed by atoms with Crippen molar-refractivity contribution < 1.29 is 19.4 Å². The standard InChI is InChI=1S/C28H30ClN3O4/c1-17(11-25(34)35)10-24(33)26-23-13-19(14-30)15-31-28(23)32(2)27(26)20-6-8-22(9-7-20)36-16-18-4-3-5-21(29)12-18/h3-5,12-13,15,17,20,22H,6-11,16H2,1-2H3,(H,34,35)/t17-,20?,22?/m0/s1. The second kappa shape index (κ2) is 11.2. The predicted octanol–water partition coefficient (Wildman–Crippen LogP) is 6.02. The van der Waals surface area contributed by atoms with Crippen molar-refractivity contribution in [2.24, 2.45) is 13.0 Å². The van der Waals surface area contributed by atoms with Crippen LogP contribution in [0.3, 0.4) is 0 Å². The molecule has 0 spiro atoms. The summed E-state index contributed by atoms with van der Waals surface area (Å²) in [6, 6.07) is 11.5. The molecule has 8 heteroatoms. The van der Waals surface area contributed by atoms with E-state index < -0.39 is 5.97 Å². The topological polar surface area (TPSA) is 105 Å². The molecule has 1 aliphatic rings. The van der Waals surface area contributed by atoms with Gasteiger partial charge in [0.25, 0.3) is 0 Å². The number of aromatic nitrogens is 2. The summed E-state index contributed by atoms with van der Waals surface area (Å²) in [5, 5.41) is 19.9. The van der Waals surface area contributed by atoms with Crippen molar-refractivity contribution in [1.82, 2.24) is 9.55 Å². The Kier molecular flexibility index (Phi) is 8.07. The smallest absolute Gasteiger partial charge is 0.303 e. The van der Waals surface area contributed by atoms with Crippen LogP contribution < -0.4 is 0 Å². The summed E-state index contributed by atoms with van der Waals surface area (Å²) in [6.07, 6.45) is 5.18. The molecule has 0 amide bonds. The normalized spacial score (nSPS) is 18.6. The monoisotopic (exact) mass is 507 g/mol. The molecule has 2 heterocycles. The molecule has 0 saturated heterocycles. The Hall–Kier alpha value is -3.21. The lowest BCUT2D eigenvalue weighted by Crippen LogP contribution is -2.23. The Morgan fingerprint density at radius 2 is 2.00 bits per heavy atom. The zero-order valence-electron chi connectivity index (χ0n) is 20.5. The van der Waals surface area contributed by atoms with Gasteiger partial charge in [-0.05, 0) is 55.4 Å². The molecule has 1 fully saturated rings. The maximum absolute atomic E-state index is 13.5. The minimum absolute atomic E-state index is 0.0669. The van der Waals surface area contributed by atoms with Gasteiger partial charge in [0.05, 0.1) is 18.3 Å². The van der Waals surface area contributed by atoms with Gasteiger partial charge in [0, 0.05) is 53.7 Å². The zero-order valence-corrected chi connectivity index (χ0v) is 21.3. The molecule has 2 aromatic heterocycles. The third kappa shape index (κ3) is 5.77. The Morgan fingerprint density at radius 1 is 1.25 bits per heavy atom. The van der Waals surface area contributed by atoms with E-state index in [2.05, 4.69) is 11.1 Å². The summed E-state index contributed by atoms with van der Waals surface area (Å²) in [5.74, 6) is -1.16. The van der Waals surface area contributed by atoms with Crippen LogP contribution in [-0.2, 0) is 23.2 Å². The molecule has 36 heavy (non-hydrogen) atoms. The maximum atomic E-state index is 13.5. The van der Waals surface area contributed by atoms with Gasteiger partial charge in [-0.2, -0.15) is 5.26 Å². The molecular formula is C28H30ClN3O4. The number of hydrogen-bond acceptors (Lipinski definition) is 5. The molecule has 1 saturated carbocycles. The number of carbonyl (C=O) groups excluding carboxylic acids is 1. The number of aryl methyl sites for hydroxylation is 1. The number of rotatable bonds is 9. The lowest BCUT2D eigenvalue weighted by molar-refractivity contribution is -0.137. The number of carbonyl (C=O) groups is 2. The fourth-order valence-electron chi connectivity index (χ4n) is 5.29. The summed E-state index contributed by atoms with van der Waals surface area (Å²) in [7, 11) is 1.91. The first kappa shape index (κ1) is 25.9. The van der Waals surface area contributed by atoms with Crippen molar-refractivity contribution in [3.8, 4) is 6.07 Å². The highest BCUT2D eigenvalue weighted by Crippen LogP contribution is 2.40. The van der Waals surface area contributed by atoms with Crippen molar-refractivity contribution in [3.05, 3.63) is 63.9 Å². The van der Waals surface area contributed by atoms with E-state index in [4.69, 9.17) is 21.4 Å². The van der Waals surface area contributed by atoms with Crippen LogP contribution in [0.1, 0.15) is 78.5 Å². The van der Waals surface area contributed by atoms with Crippen LogP contribution in [0.5, 0.6) is 0 Å². The van der Waals surface area contributed by atoms with Gasteiger partial charge in [-0.25, -0.2) is 4.98 Å². The van der Waals surface area contributed by atoms with Crippen molar-refractivity contribution in [3.63, 3.8) is 0 Å². The Balaban J connectivity index is 1.56. The number of hydrogen-bond donors (Lipinski definition) is 1. The Bertz CT molecular complexity index is 1320. The highest BCUT2D eigenvalue weighted by molar-refractivity contribution is 6.30. The van der Waals surface area contributed by atoms with Crippen LogP contribution in [-0.4, -0.2) is 32.5 Å². The third-order valence-electron chi connectivity index (χ3n) is 6.97. The molecule has 0 unspecified atom stereocenters. The van der Waals surface area contributed by atoms with Gasteiger partial charge < -0.3 is 14.4 Å². The molecule has 0 bridgehead atoms. The number of benzene rings is 1. The summed E-state index contributed by atoms with van der Waals surface area (Å²) < 4.78 is 8.13. The van der Waals surface area contributed by atoms with E-state index in [1.807, 2.05) is 35.9 Å². The summed E-state index contributed by atoms with van der Waals surface area (Å²) in [4.78, 5) is 29.2. The Morgan fingerprint density at radius 3 is 2.67 bits per heavy atom. The highest BCUT2D eigenvalue weighted by Gasteiger charge is 2.31. The SMILES string of the molecule is C[C@H](CC(=O)O)CC(=O)c1c(C2CCC(OCc3cccc(Cl)c3)CC2)n(C)c2ncc(C#N)cc12. The largest absolute Gasteiger partial charge is 0.481 e. The number of halogens is 1. The van der Waals surface area contributed by atoms with Gasteiger partial charge in [-0.1, -0.05) is 30.7 Å².